The molecule has 0 atom stereocenters. The Morgan fingerprint density at radius 2 is 2.31 bits per heavy atom. The van der Waals surface area contributed by atoms with E-state index >= 15 is 0 Å². The highest BCUT2D eigenvalue weighted by molar-refractivity contribution is 5.93. The van der Waals surface area contributed by atoms with E-state index in [1.807, 2.05) is 0 Å². The monoisotopic (exact) mass is 220 g/mol. The molecule has 3 N–H and O–H groups in total. The summed E-state index contributed by atoms with van der Waals surface area (Å²) in [7, 11) is 0. The van der Waals surface area contributed by atoms with Gasteiger partial charge >= 0.3 is 5.03 Å². The van der Waals surface area contributed by atoms with Gasteiger partial charge in [0.15, 0.2) is 6.61 Å². The quantitative estimate of drug-likeness (QED) is 0.753. The van der Waals surface area contributed by atoms with Crippen LogP contribution in [0.4, 0.5) is 0 Å². The zero-order valence-corrected chi connectivity index (χ0v) is 8.34. The van der Waals surface area contributed by atoms with Gasteiger partial charge in [-0.3, -0.25) is 4.79 Å². The number of nitrogens with one attached hydrogen (secondary N) is 1. The number of hydrogen-bond donors (Lipinski definition) is 2. The van der Waals surface area contributed by atoms with E-state index in [2.05, 4.69) is 10.3 Å². The van der Waals surface area contributed by atoms with Crippen LogP contribution in [0.2, 0.25) is 0 Å². The minimum absolute atomic E-state index is 0.187. The van der Waals surface area contributed by atoms with Crippen LogP contribution in [0.5, 0.6) is 0 Å². The van der Waals surface area contributed by atoms with Crippen molar-refractivity contribution in [3.05, 3.63) is 46.4 Å². The number of amides is 1. The van der Waals surface area contributed by atoms with Gasteiger partial charge in [0.05, 0.1) is 0 Å². The molecule has 0 fully saturated rings. The maximum absolute atomic E-state index is 11.0. The van der Waals surface area contributed by atoms with Gasteiger partial charge in [-0.1, -0.05) is 17.6 Å². The van der Waals surface area contributed by atoms with Crippen molar-refractivity contribution in [2.24, 2.45) is 5.73 Å². The average Bonchev–Trinajstić information content (AvgIpc) is 2.29. The van der Waals surface area contributed by atoms with Crippen molar-refractivity contribution in [2.45, 2.75) is 0 Å². The topological polar surface area (TPSA) is 84.4 Å². The van der Waals surface area contributed by atoms with Gasteiger partial charge in [0.25, 0.3) is 0 Å². The maximum atomic E-state index is 11.0. The highest BCUT2D eigenvalue weighted by Gasteiger charge is 2.19. The normalized spacial score (nSPS) is 14.8. The Morgan fingerprint density at radius 3 is 3.00 bits per heavy atom. The molecule has 1 aromatic carbocycles. The molecule has 0 aromatic heterocycles. The van der Waals surface area contributed by atoms with E-state index in [0.29, 0.717) is 16.8 Å². The van der Waals surface area contributed by atoms with Crippen LogP contribution in [0.15, 0.2) is 30.3 Å². The smallest absolute Gasteiger partial charge is 0.362 e. The second-order valence-corrected chi connectivity index (χ2v) is 3.23. The third-order valence-electron chi connectivity index (χ3n) is 2.15. The summed E-state index contributed by atoms with van der Waals surface area (Å²) in [5.41, 5.74) is 9.32. The Hall–Kier alpha value is -2.37. The predicted molar refractivity (Wildman–Crippen MR) is 55.7 cm³/mol. The summed E-state index contributed by atoms with van der Waals surface area (Å²) in [6.45, 7) is 0.187. The van der Waals surface area contributed by atoms with Gasteiger partial charge in [-0.2, -0.15) is 0 Å². The summed E-state index contributed by atoms with van der Waals surface area (Å²) < 4.78 is 0. The molecule has 16 heavy (non-hydrogen) atoms. The van der Waals surface area contributed by atoms with Crippen LogP contribution in [0.1, 0.15) is 15.9 Å². The Bertz CT molecular complexity index is 482. The molecule has 0 radical (unpaired) electrons. The van der Waals surface area contributed by atoms with Crippen molar-refractivity contribution < 1.29 is 14.7 Å². The van der Waals surface area contributed by atoms with E-state index in [0.717, 1.165) is 0 Å². The van der Waals surface area contributed by atoms with E-state index in [1.165, 1.54) is 0 Å². The Balaban J connectivity index is 2.33. The number of hydrogen-bond acceptors (Lipinski definition) is 3. The number of carbonyl (C=O) groups excluding carboxylic acids is 1. The molecule has 1 aliphatic rings. The van der Waals surface area contributed by atoms with Gasteiger partial charge < -0.3 is 5.73 Å². The van der Waals surface area contributed by atoms with Crippen molar-refractivity contribution in [1.29, 1.82) is 0 Å². The van der Waals surface area contributed by atoms with Crippen LogP contribution in [0.25, 0.3) is 5.70 Å². The van der Waals surface area contributed by atoms with E-state index in [1.54, 1.807) is 30.3 Å². The Kier molecular flexibility index (Phi) is 2.55. The molecular weight excluding hydrogens is 210 g/mol. The van der Waals surface area contributed by atoms with Crippen molar-refractivity contribution in [3.8, 4) is 0 Å². The number of nitrogens with zero attached hydrogens (tertiary/aromatic N) is 1. The molecule has 0 spiro atoms. The molecule has 1 heterocycles. The van der Waals surface area contributed by atoms with Gasteiger partial charge in [-0.25, -0.2) is 4.84 Å². The van der Waals surface area contributed by atoms with Crippen LogP contribution in [0.3, 0.4) is 0 Å². The lowest BCUT2D eigenvalue weighted by Crippen LogP contribution is -2.29. The fourth-order valence-electron chi connectivity index (χ4n) is 1.39. The average molecular weight is 220 g/mol. The summed E-state index contributed by atoms with van der Waals surface area (Å²) in [4.78, 5) is 26.5. The zero-order chi connectivity index (χ0) is 11.5. The minimum atomic E-state index is -0.506. The summed E-state index contributed by atoms with van der Waals surface area (Å²) in [6.07, 6.45) is 1.70. The first-order valence-electron chi connectivity index (χ1n) is 4.64. The van der Waals surface area contributed by atoms with Crippen molar-refractivity contribution in [2.75, 3.05) is 6.61 Å². The van der Waals surface area contributed by atoms with Crippen LogP contribution in [-0.4, -0.2) is 17.5 Å². The van der Waals surface area contributed by atoms with E-state index in [-0.39, 0.29) is 11.6 Å². The van der Waals surface area contributed by atoms with Crippen molar-refractivity contribution >= 4 is 11.6 Å². The summed E-state index contributed by atoms with van der Waals surface area (Å²) in [5.74, 6) is -0.506. The minimum Gasteiger partial charge on any atom is -0.366 e. The van der Waals surface area contributed by atoms with E-state index in [4.69, 9.17) is 5.73 Å². The van der Waals surface area contributed by atoms with Gasteiger partial charge in [-0.15, -0.1) is 0 Å². The van der Waals surface area contributed by atoms with Gasteiger partial charge in [0, 0.05) is 11.1 Å². The molecule has 1 amide bonds. The first-order chi connectivity index (χ1) is 7.66. The van der Waals surface area contributed by atoms with Gasteiger partial charge in [0.2, 0.25) is 5.91 Å². The van der Waals surface area contributed by atoms with Crippen molar-refractivity contribution in [3.63, 3.8) is 0 Å². The largest absolute Gasteiger partial charge is 0.366 e. The summed E-state index contributed by atoms with van der Waals surface area (Å²) in [5, 5.41) is 0.270. The second-order valence-electron chi connectivity index (χ2n) is 3.23. The first-order valence-corrected chi connectivity index (χ1v) is 4.64. The second kappa shape index (κ2) is 4.01. The van der Waals surface area contributed by atoms with Crippen molar-refractivity contribution in [1.82, 2.24) is 5.43 Å². The van der Waals surface area contributed by atoms with E-state index in [9.17, 15) is 9.70 Å². The zero-order valence-electron chi connectivity index (χ0n) is 8.34. The SMILES string of the molecule is NC(=O)c1cccc(C2=CCO[N+](=O)N2)c1. The molecule has 0 saturated carbocycles. The number of carbonyl (C=O) groups is 1. The molecule has 0 unspecified atom stereocenters. The molecule has 1 aromatic rings. The molecular formula is C10H10N3O3+. The Labute approximate surface area is 91.2 Å². The summed E-state index contributed by atoms with van der Waals surface area (Å²) >= 11 is 0. The number of rotatable bonds is 2. The fourth-order valence-corrected chi connectivity index (χ4v) is 1.39. The molecule has 2 rings (SSSR count). The van der Waals surface area contributed by atoms with Crippen LogP contribution < -0.4 is 11.2 Å². The molecule has 6 nitrogen and oxygen atoms in total. The lowest BCUT2D eigenvalue weighted by atomic mass is 10.1. The lowest BCUT2D eigenvalue weighted by molar-refractivity contribution is -0.836. The number of nitrogens with two attached hydrogens (primary N) is 1. The molecule has 0 saturated heterocycles. The third-order valence-corrected chi connectivity index (χ3v) is 2.15. The number of primary amides is 1. The highest BCUT2D eigenvalue weighted by atomic mass is 16.8. The first kappa shape index (κ1) is 10.2. The maximum Gasteiger partial charge on any atom is 0.362 e. The summed E-state index contributed by atoms with van der Waals surface area (Å²) in [6, 6.07) is 6.69. The van der Waals surface area contributed by atoms with Crippen LogP contribution in [-0.2, 0) is 4.84 Å². The van der Waals surface area contributed by atoms with Gasteiger partial charge in [0.1, 0.15) is 10.6 Å². The highest BCUT2D eigenvalue weighted by Crippen LogP contribution is 2.15. The third kappa shape index (κ3) is 2.00. The Morgan fingerprint density at radius 1 is 1.50 bits per heavy atom. The number of benzene rings is 1. The lowest BCUT2D eigenvalue weighted by Gasteiger charge is -2.07. The standard InChI is InChI=1S/C10H9N3O3/c11-10(14)8-3-1-2-7(6-8)9-4-5-16-13(15)12-9/h1-4,6H,5H2,(H2-,11,12,14,15)/p+1. The molecule has 6 heteroatoms. The molecule has 0 bridgehead atoms. The van der Waals surface area contributed by atoms with Crippen LogP contribution >= 0.6 is 0 Å². The fraction of sp³-hybridized carbons (Fsp3) is 0.100. The molecule has 0 aliphatic carbocycles. The van der Waals surface area contributed by atoms with E-state index < -0.39 is 5.91 Å². The number of hydrazine groups is 1. The predicted octanol–water partition coefficient (Wildman–Crippen LogP) is 0.355. The van der Waals surface area contributed by atoms with Crippen LogP contribution in [0, 0.1) is 4.91 Å². The molecule has 1 aliphatic heterocycles. The van der Waals surface area contributed by atoms with Gasteiger partial charge in [-0.05, 0) is 18.2 Å². The molecule has 82 valence electrons.